The van der Waals surface area contributed by atoms with E-state index in [2.05, 4.69) is 64.8 Å². The second-order valence-corrected chi connectivity index (χ2v) is 6.42. The van der Waals surface area contributed by atoms with Crippen LogP contribution in [0.3, 0.4) is 0 Å². The minimum absolute atomic E-state index is 0.527. The zero-order chi connectivity index (χ0) is 18.1. The molecular weight excluding hydrogens is 332 g/mol. The maximum Gasteiger partial charge on any atom is 0.248 e. The second-order valence-electron chi connectivity index (χ2n) is 6.42. The Labute approximate surface area is 156 Å². The molecule has 3 heteroatoms. The Morgan fingerprint density at radius 3 is 1.74 bits per heavy atom. The maximum atomic E-state index is 5.84. The summed E-state index contributed by atoms with van der Waals surface area (Å²) in [5.41, 5.74) is 4.18. The highest BCUT2D eigenvalue weighted by molar-refractivity contribution is 5.87. The molecule has 1 aromatic heterocycles. The van der Waals surface area contributed by atoms with Gasteiger partial charge in [0.25, 0.3) is 0 Å². The van der Waals surface area contributed by atoms with E-state index in [-0.39, 0.29) is 0 Å². The third-order valence-corrected chi connectivity index (χ3v) is 4.66. The second kappa shape index (κ2) is 6.54. The van der Waals surface area contributed by atoms with Crippen LogP contribution in [0.25, 0.3) is 44.8 Å². The van der Waals surface area contributed by atoms with Gasteiger partial charge in [0.15, 0.2) is 0 Å². The molecule has 0 spiro atoms. The molecule has 0 aliphatic carbocycles. The van der Waals surface area contributed by atoms with Gasteiger partial charge in [-0.15, -0.1) is 10.2 Å². The van der Waals surface area contributed by atoms with Crippen molar-refractivity contribution >= 4 is 10.8 Å². The van der Waals surface area contributed by atoms with E-state index >= 15 is 0 Å². The van der Waals surface area contributed by atoms with Gasteiger partial charge in [0, 0.05) is 11.1 Å². The highest BCUT2D eigenvalue weighted by Crippen LogP contribution is 2.28. The Kier molecular flexibility index (Phi) is 3.76. The van der Waals surface area contributed by atoms with Gasteiger partial charge in [0.2, 0.25) is 11.8 Å². The average molecular weight is 348 g/mol. The predicted molar refractivity (Wildman–Crippen MR) is 108 cm³/mol. The lowest BCUT2D eigenvalue weighted by molar-refractivity contribution is 0.584. The fraction of sp³-hybridized carbons (Fsp3) is 0. The Morgan fingerprint density at radius 2 is 1.00 bits per heavy atom. The Hall–Kier alpha value is -3.72. The summed E-state index contributed by atoms with van der Waals surface area (Å²) in [5.74, 6) is 1.06. The van der Waals surface area contributed by atoms with Crippen LogP contribution in [0.15, 0.2) is 101 Å². The molecule has 0 saturated carbocycles. The lowest BCUT2D eigenvalue weighted by Crippen LogP contribution is -1.81. The number of benzene rings is 4. The van der Waals surface area contributed by atoms with Crippen LogP contribution >= 0.6 is 0 Å². The predicted octanol–water partition coefficient (Wildman–Crippen LogP) is 6.22. The summed E-state index contributed by atoms with van der Waals surface area (Å²) in [6.07, 6.45) is 0. The van der Waals surface area contributed by atoms with Crippen LogP contribution < -0.4 is 0 Å². The molecule has 0 aliphatic heterocycles. The van der Waals surface area contributed by atoms with Gasteiger partial charge in [-0.05, 0) is 52.2 Å². The van der Waals surface area contributed by atoms with Crippen molar-refractivity contribution < 1.29 is 4.42 Å². The first kappa shape index (κ1) is 15.5. The van der Waals surface area contributed by atoms with Crippen molar-refractivity contribution in [2.45, 2.75) is 0 Å². The molecule has 5 aromatic rings. The fourth-order valence-corrected chi connectivity index (χ4v) is 3.21. The molecule has 0 fully saturated rings. The fourth-order valence-electron chi connectivity index (χ4n) is 3.21. The van der Waals surface area contributed by atoms with E-state index in [1.165, 1.54) is 16.3 Å². The molecule has 3 nitrogen and oxygen atoms in total. The van der Waals surface area contributed by atoms with E-state index < -0.39 is 0 Å². The summed E-state index contributed by atoms with van der Waals surface area (Å²) < 4.78 is 5.84. The summed E-state index contributed by atoms with van der Waals surface area (Å²) in [6, 6.07) is 32.9. The molecule has 5 rings (SSSR count). The molecule has 0 bridgehead atoms. The number of hydrogen-bond donors (Lipinski definition) is 0. The monoisotopic (exact) mass is 348 g/mol. The molecule has 0 atom stereocenters. The first-order valence-electron chi connectivity index (χ1n) is 8.85. The highest BCUT2D eigenvalue weighted by Gasteiger charge is 2.10. The molecule has 0 N–H and O–H groups in total. The summed E-state index contributed by atoms with van der Waals surface area (Å²) in [4.78, 5) is 0. The van der Waals surface area contributed by atoms with Gasteiger partial charge >= 0.3 is 0 Å². The molecular formula is C24H16N2O. The van der Waals surface area contributed by atoms with Crippen LogP contribution in [0.5, 0.6) is 0 Å². The molecule has 27 heavy (non-hydrogen) atoms. The molecule has 128 valence electrons. The number of aromatic nitrogens is 2. The van der Waals surface area contributed by atoms with E-state index in [9.17, 15) is 0 Å². The zero-order valence-corrected chi connectivity index (χ0v) is 14.5. The van der Waals surface area contributed by atoms with Crippen molar-refractivity contribution in [3.05, 3.63) is 97.1 Å². The van der Waals surface area contributed by atoms with Crippen molar-refractivity contribution in [3.63, 3.8) is 0 Å². The van der Waals surface area contributed by atoms with Crippen molar-refractivity contribution in [1.82, 2.24) is 10.2 Å². The molecule has 0 aliphatic rings. The van der Waals surface area contributed by atoms with Crippen LogP contribution in [0.2, 0.25) is 0 Å². The molecule has 1 heterocycles. The van der Waals surface area contributed by atoms with Crippen molar-refractivity contribution in [2.24, 2.45) is 0 Å². The third kappa shape index (κ3) is 3.00. The lowest BCUT2D eigenvalue weighted by atomic mass is 10.0. The van der Waals surface area contributed by atoms with E-state index in [0.29, 0.717) is 11.8 Å². The SMILES string of the molecule is c1ccc(-c2nnc(-c3ccc(-c4ccc5ccccc5c4)cc3)o2)cc1. The van der Waals surface area contributed by atoms with E-state index in [4.69, 9.17) is 4.42 Å². The minimum atomic E-state index is 0.527. The van der Waals surface area contributed by atoms with E-state index in [1.807, 2.05) is 42.5 Å². The van der Waals surface area contributed by atoms with Crippen LogP contribution in [0.1, 0.15) is 0 Å². The van der Waals surface area contributed by atoms with Gasteiger partial charge in [0.1, 0.15) is 0 Å². The van der Waals surface area contributed by atoms with Gasteiger partial charge in [0.05, 0.1) is 0 Å². The van der Waals surface area contributed by atoms with Gasteiger partial charge in [-0.1, -0.05) is 66.7 Å². The first-order valence-corrected chi connectivity index (χ1v) is 8.85. The van der Waals surface area contributed by atoms with Crippen LogP contribution in [0, 0.1) is 0 Å². The van der Waals surface area contributed by atoms with Crippen LogP contribution in [0.4, 0.5) is 0 Å². The molecule has 0 unspecified atom stereocenters. The van der Waals surface area contributed by atoms with Gasteiger partial charge in [-0.25, -0.2) is 0 Å². The van der Waals surface area contributed by atoms with Crippen molar-refractivity contribution in [2.75, 3.05) is 0 Å². The van der Waals surface area contributed by atoms with Gasteiger partial charge in [-0.3, -0.25) is 0 Å². The number of hydrogen-bond acceptors (Lipinski definition) is 3. The van der Waals surface area contributed by atoms with Crippen LogP contribution in [-0.2, 0) is 0 Å². The van der Waals surface area contributed by atoms with Crippen molar-refractivity contribution in [1.29, 1.82) is 0 Å². The average Bonchev–Trinajstić information content (AvgIpc) is 3.24. The molecule has 0 radical (unpaired) electrons. The molecule has 0 saturated heterocycles. The number of nitrogens with zero attached hydrogens (tertiary/aromatic N) is 2. The first-order chi connectivity index (χ1) is 13.4. The quantitative estimate of drug-likeness (QED) is 0.388. The normalized spacial score (nSPS) is 11.0. The number of fused-ring (bicyclic) bond motifs is 1. The zero-order valence-electron chi connectivity index (χ0n) is 14.5. The highest BCUT2D eigenvalue weighted by atomic mass is 16.4. The Balaban J connectivity index is 1.45. The standard InChI is InChI=1S/C24H16N2O/c1-2-7-19(8-3-1)23-25-26-24(27-23)20-13-10-18(11-14-20)22-15-12-17-6-4-5-9-21(17)16-22/h1-16H. The largest absolute Gasteiger partial charge is 0.416 e. The van der Waals surface area contributed by atoms with Gasteiger partial charge < -0.3 is 4.42 Å². The maximum absolute atomic E-state index is 5.84. The lowest BCUT2D eigenvalue weighted by Gasteiger charge is -2.05. The minimum Gasteiger partial charge on any atom is -0.416 e. The van der Waals surface area contributed by atoms with Gasteiger partial charge in [-0.2, -0.15) is 0 Å². The summed E-state index contributed by atoms with van der Waals surface area (Å²) >= 11 is 0. The molecule has 4 aromatic carbocycles. The van der Waals surface area contributed by atoms with Crippen LogP contribution in [-0.4, -0.2) is 10.2 Å². The summed E-state index contributed by atoms with van der Waals surface area (Å²) in [7, 11) is 0. The van der Waals surface area contributed by atoms with E-state index in [1.54, 1.807) is 0 Å². The smallest absolute Gasteiger partial charge is 0.248 e. The third-order valence-electron chi connectivity index (χ3n) is 4.66. The Bertz CT molecular complexity index is 1210. The topological polar surface area (TPSA) is 38.9 Å². The molecule has 0 amide bonds. The van der Waals surface area contributed by atoms with Crippen molar-refractivity contribution in [3.8, 4) is 34.0 Å². The summed E-state index contributed by atoms with van der Waals surface area (Å²) in [5, 5.41) is 10.8. The number of rotatable bonds is 3. The summed E-state index contributed by atoms with van der Waals surface area (Å²) in [6.45, 7) is 0. The van der Waals surface area contributed by atoms with E-state index in [0.717, 1.165) is 16.7 Å². The Morgan fingerprint density at radius 1 is 0.444 bits per heavy atom.